The Morgan fingerprint density at radius 3 is 2.81 bits per heavy atom. The highest BCUT2D eigenvalue weighted by Crippen LogP contribution is 2.40. The third-order valence-electron chi connectivity index (χ3n) is 4.78. The number of esters is 1. The molecule has 2 aromatic rings. The van der Waals surface area contributed by atoms with Crippen LogP contribution < -0.4 is 10.7 Å². The van der Waals surface area contributed by atoms with Crippen LogP contribution in [0.1, 0.15) is 46.6 Å². The Labute approximate surface area is 193 Å². The molecule has 164 valence electrons. The molecule has 2 N–H and O–H groups in total. The summed E-state index contributed by atoms with van der Waals surface area (Å²) in [6.07, 6.45) is 3.78. The molecule has 1 aromatic heterocycles. The molecule has 1 heterocycles. The molecular formula is C21H21Cl2N3O4S. The summed E-state index contributed by atoms with van der Waals surface area (Å²) >= 11 is 13.3. The third-order valence-corrected chi connectivity index (χ3v) is 6.78. The van der Waals surface area contributed by atoms with E-state index in [-0.39, 0.29) is 11.6 Å². The molecule has 31 heavy (non-hydrogen) atoms. The maximum Gasteiger partial charge on any atom is 0.341 e. The van der Waals surface area contributed by atoms with Gasteiger partial charge in [0.2, 0.25) is 0 Å². The van der Waals surface area contributed by atoms with Crippen LogP contribution in [0.3, 0.4) is 0 Å². The van der Waals surface area contributed by atoms with Gasteiger partial charge in [-0.1, -0.05) is 42.3 Å². The van der Waals surface area contributed by atoms with Crippen LogP contribution in [-0.4, -0.2) is 30.6 Å². The van der Waals surface area contributed by atoms with Crippen LogP contribution >= 0.6 is 34.5 Å². The van der Waals surface area contributed by atoms with E-state index in [0.29, 0.717) is 27.1 Å². The first kappa shape index (κ1) is 23.2. The van der Waals surface area contributed by atoms with Crippen molar-refractivity contribution in [2.45, 2.75) is 33.1 Å². The second-order valence-corrected chi connectivity index (χ2v) is 8.96. The zero-order valence-corrected chi connectivity index (χ0v) is 19.3. The summed E-state index contributed by atoms with van der Waals surface area (Å²) in [6, 6.07) is 4.96. The number of rotatable bonds is 5. The number of carbonyl (C=O) groups excluding carboxylic acids is 3. The van der Waals surface area contributed by atoms with Gasteiger partial charge in [0.15, 0.2) is 0 Å². The molecule has 10 heteroatoms. The molecule has 0 saturated carbocycles. The van der Waals surface area contributed by atoms with Crippen molar-refractivity contribution >= 4 is 63.5 Å². The Morgan fingerprint density at radius 2 is 2.06 bits per heavy atom. The minimum absolute atomic E-state index is 0.217. The van der Waals surface area contributed by atoms with Crippen molar-refractivity contribution in [3.63, 3.8) is 0 Å². The average molecular weight is 482 g/mol. The van der Waals surface area contributed by atoms with Gasteiger partial charge in [0.1, 0.15) is 5.00 Å². The van der Waals surface area contributed by atoms with Gasteiger partial charge in [-0.25, -0.2) is 10.2 Å². The molecule has 1 aliphatic carbocycles. The van der Waals surface area contributed by atoms with Crippen molar-refractivity contribution in [1.29, 1.82) is 0 Å². The van der Waals surface area contributed by atoms with Crippen molar-refractivity contribution in [1.82, 2.24) is 5.43 Å². The van der Waals surface area contributed by atoms with Gasteiger partial charge in [-0.2, -0.15) is 5.10 Å². The van der Waals surface area contributed by atoms with E-state index < -0.39 is 17.8 Å². The number of halogens is 2. The summed E-state index contributed by atoms with van der Waals surface area (Å²) in [6.45, 7) is 4.08. The number of hydrogen-bond donors (Lipinski definition) is 2. The predicted molar refractivity (Wildman–Crippen MR) is 122 cm³/mol. The van der Waals surface area contributed by atoms with Crippen LogP contribution in [0, 0.1) is 5.92 Å². The van der Waals surface area contributed by atoms with E-state index in [4.69, 9.17) is 27.9 Å². The fourth-order valence-electron chi connectivity index (χ4n) is 3.25. The van der Waals surface area contributed by atoms with E-state index in [2.05, 4.69) is 22.8 Å². The molecule has 0 unspecified atom stereocenters. The van der Waals surface area contributed by atoms with Crippen LogP contribution in [-0.2, 0) is 27.2 Å². The summed E-state index contributed by atoms with van der Waals surface area (Å²) < 4.78 is 5.17. The van der Waals surface area contributed by atoms with Gasteiger partial charge in [0, 0.05) is 10.4 Å². The highest BCUT2D eigenvalue weighted by atomic mass is 35.5. The fourth-order valence-corrected chi connectivity index (χ4v) is 5.00. The van der Waals surface area contributed by atoms with E-state index in [1.54, 1.807) is 25.1 Å². The van der Waals surface area contributed by atoms with E-state index in [1.165, 1.54) is 17.6 Å². The molecule has 0 radical (unpaired) electrons. The summed E-state index contributed by atoms with van der Waals surface area (Å²) in [5, 5.41) is 7.23. The summed E-state index contributed by atoms with van der Waals surface area (Å²) in [5.74, 6) is -1.94. The average Bonchev–Trinajstić information content (AvgIpc) is 3.07. The maximum absolute atomic E-state index is 12.5. The molecular weight excluding hydrogens is 461 g/mol. The topological polar surface area (TPSA) is 96.9 Å². The van der Waals surface area contributed by atoms with Crippen molar-refractivity contribution in [2.24, 2.45) is 11.0 Å². The summed E-state index contributed by atoms with van der Waals surface area (Å²) in [7, 11) is 0. The Balaban J connectivity index is 1.73. The summed E-state index contributed by atoms with van der Waals surface area (Å²) in [5.41, 5.74) is 3.86. The molecule has 2 amide bonds. The van der Waals surface area contributed by atoms with Gasteiger partial charge < -0.3 is 10.1 Å². The van der Waals surface area contributed by atoms with Crippen molar-refractivity contribution in [2.75, 3.05) is 11.9 Å². The minimum Gasteiger partial charge on any atom is -0.462 e. The molecule has 0 aliphatic heterocycles. The first-order chi connectivity index (χ1) is 14.8. The molecule has 0 bridgehead atoms. The number of anilines is 1. The third kappa shape index (κ3) is 5.44. The van der Waals surface area contributed by atoms with Gasteiger partial charge in [0.05, 0.1) is 28.4 Å². The zero-order valence-electron chi connectivity index (χ0n) is 17.0. The van der Waals surface area contributed by atoms with Crippen LogP contribution in [0.2, 0.25) is 10.0 Å². The van der Waals surface area contributed by atoms with E-state index in [0.717, 1.165) is 29.7 Å². The van der Waals surface area contributed by atoms with Crippen LogP contribution in [0.5, 0.6) is 0 Å². The number of nitrogens with one attached hydrogen (secondary N) is 2. The van der Waals surface area contributed by atoms with Gasteiger partial charge in [-0.15, -0.1) is 11.3 Å². The maximum atomic E-state index is 12.5. The van der Waals surface area contributed by atoms with Crippen LogP contribution in [0.25, 0.3) is 0 Å². The van der Waals surface area contributed by atoms with E-state index >= 15 is 0 Å². The highest BCUT2D eigenvalue weighted by molar-refractivity contribution is 7.17. The van der Waals surface area contributed by atoms with Crippen LogP contribution in [0.15, 0.2) is 23.3 Å². The number of amides is 2. The lowest BCUT2D eigenvalue weighted by molar-refractivity contribution is -0.136. The number of thiophene rings is 1. The SMILES string of the molecule is CCOC(=O)c1c(NC(=O)C(=O)N/N=C\c2cccc(Cl)c2Cl)sc2c1CC[C@H](C)C2. The Morgan fingerprint density at radius 1 is 1.29 bits per heavy atom. The molecule has 1 aromatic carbocycles. The second kappa shape index (κ2) is 10.3. The standard InChI is InChI=1S/C21H21Cl2N3O4S/c1-3-30-21(29)16-13-8-7-11(2)9-15(13)31-20(16)25-18(27)19(28)26-24-10-12-5-4-6-14(22)17(12)23/h4-6,10-11H,3,7-9H2,1-2H3,(H,25,27)(H,26,28)/b24-10-/t11-/m0/s1. The number of fused-ring (bicyclic) bond motifs is 1. The molecule has 0 saturated heterocycles. The monoisotopic (exact) mass is 481 g/mol. The lowest BCUT2D eigenvalue weighted by Gasteiger charge is -2.18. The summed E-state index contributed by atoms with van der Waals surface area (Å²) in [4.78, 5) is 38.1. The Bertz CT molecular complexity index is 1050. The fraction of sp³-hybridized carbons (Fsp3) is 0.333. The lowest BCUT2D eigenvalue weighted by atomic mass is 9.88. The quantitative estimate of drug-likeness (QED) is 0.285. The zero-order chi connectivity index (χ0) is 22.5. The lowest BCUT2D eigenvalue weighted by Crippen LogP contribution is -2.32. The van der Waals surface area contributed by atoms with E-state index in [9.17, 15) is 14.4 Å². The number of benzene rings is 1. The van der Waals surface area contributed by atoms with Crippen molar-refractivity contribution in [3.8, 4) is 0 Å². The number of hydrogen-bond acceptors (Lipinski definition) is 6. The molecule has 1 atom stereocenters. The second-order valence-electron chi connectivity index (χ2n) is 7.07. The minimum atomic E-state index is -0.982. The first-order valence-corrected chi connectivity index (χ1v) is 11.3. The van der Waals surface area contributed by atoms with Crippen molar-refractivity contribution < 1.29 is 19.1 Å². The number of carbonyl (C=O) groups is 3. The van der Waals surface area contributed by atoms with Gasteiger partial charge in [-0.05, 0) is 43.7 Å². The highest BCUT2D eigenvalue weighted by Gasteiger charge is 2.30. The molecule has 1 aliphatic rings. The van der Waals surface area contributed by atoms with E-state index in [1.807, 2.05) is 0 Å². The number of hydrazone groups is 1. The number of nitrogens with zero attached hydrogens (tertiary/aromatic N) is 1. The largest absolute Gasteiger partial charge is 0.462 e. The van der Waals surface area contributed by atoms with Gasteiger partial charge in [0.25, 0.3) is 0 Å². The first-order valence-electron chi connectivity index (χ1n) is 9.71. The molecule has 3 rings (SSSR count). The molecule has 0 fully saturated rings. The van der Waals surface area contributed by atoms with Gasteiger partial charge in [-0.3, -0.25) is 9.59 Å². The Kier molecular flexibility index (Phi) is 7.69. The predicted octanol–water partition coefficient (Wildman–Crippen LogP) is 4.45. The Hall–Kier alpha value is -2.42. The van der Waals surface area contributed by atoms with Crippen molar-refractivity contribution in [3.05, 3.63) is 49.8 Å². The molecule has 0 spiro atoms. The number of ether oxygens (including phenoxy) is 1. The smallest absolute Gasteiger partial charge is 0.341 e. The normalized spacial score (nSPS) is 15.4. The van der Waals surface area contributed by atoms with Gasteiger partial charge >= 0.3 is 17.8 Å². The van der Waals surface area contributed by atoms with Crippen LogP contribution in [0.4, 0.5) is 5.00 Å². The molecule has 7 nitrogen and oxygen atoms in total.